The molecule has 2 heterocycles. The van der Waals surface area contributed by atoms with Gasteiger partial charge in [-0.15, -0.1) is 0 Å². The minimum Gasteiger partial charge on any atom is -0.489 e. The lowest BCUT2D eigenvalue weighted by molar-refractivity contribution is -0.123. The Morgan fingerprint density at radius 2 is 1.88 bits per heavy atom. The summed E-state index contributed by atoms with van der Waals surface area (Å²) in [5, 5.41) is 2.72. The SMILES string of the molecule is C[C@]1(C(N)=O)COc2c1cc([C@@H](CNC(=O)c1cc(C=NC3CC3)c(N)c(OC3CC3)c1)c1ccccc1)nc2-c1cc(Cl)c(F)cc1F. The average molecular weight is 686 g/mol. The number of nitrogens with zero attached hydrogens (tertiary/aromatic N) is 2. The van der Waals surface area contributed by atoms with Crippen LogP contribution in [0.4, 0.5) is 14.5 Å². The fraction of sp³-hybridized carbons (Fsp3) is 0.297. The summed E-state index contributed by atoms with van der Waals surface area (Å²) in [4.78, 5) is 35.9. The Kier molecular flexibility index (Phi) is 8.48. The Bertz CT molecular complexity index is 2000. The Labute approximate surface area is 286 Å². The number of ether oxygens (including phenoxy) is 2. The van der Waals surface area contributed by atoms with Gasteiger partial charge in [0.25, 0.3) is 5.91 Å². The molecule has 49 heavy (non-hydrogen) atoms. The Morgan fingerprint density at radius 1 is 1.12 bits per heavy atom. The lowest BCUT2D eigenvalue weighted by Gasteiger charge is -2.23. The molecule has 3 aliphatic rings. The summed E-state index contributed by atoms with van der Waals surface area (Å²) in [5.41, 5.74) is 13.9. The summed E-state index contributed by atoms with van der Waals surface area (Å²) >= 11 is 6.08. The number of rotatable bonds is 11. The van der Waals surface area contributed by atoms with Crippen LogP contribution in [0.3, 0.4) is 0 Å². The number of nitrogen functional groups attached to an aromatic ring is 1. The van der Waals surface area contributed by atoms with Gasteiger partial charge >= 0.3 is 0 Å². The molecule has 2 fully saturated rings. The third-order valence-electron chi connectivity index (χ3n) is 9.15. The van der Waals surface area contributed by atoms with Crippen molar-refractivity contribution < 1.29 is 27.8 Å². The van der Waals surface area contributed by atoms with Gasteiger partial charge in [0.05, 0.1) is 28.5 Å². The first-order valence-electron chi connectivity index (χ1n) is 16.1. The van der Waals surface area contributed by atoms with Crippen molar-refractivity contribution in [1.82, 2.24) is 10.3 Å². The smallest absolute Gasteiger partial charge is 0.251 e. The predicted molar refractivity (Wildman–Crippen MR) is 182 cm³/mol. The van der Waals surface area contributed by atoms with Gasteiger partial charge in [0, 0.05) is 47.0 Å². The normalized spacial score (nSPS) is 18.9. The molecule has 0 saturated heterocycles. The standard InChI is InChI=1S/C37H34ClF2N5O4/c1-37(36(42)47)18-48-34-26(37)14-30(45-33(34)24-13-27(38)29(40)15-28(24)39)25(19-5-3-2-4-6-19)17-44-35(46)20-11-21(16-43-22-7-8-22)32(41)31(12-20)49-23-9-10-23/h2-6,11-16,22-23,25H,7-10,17-18,41H2,1H3,(H2,42,47)(H,44,46)/t25-,37-/m0/s1. The second-order valence-electron chi connectivity index (χ2n) is 13.0. The summed E-state index contributed by atoms with van der Waals surface area (Å²) < 4.78 is 41.5. The summed E-state index contributed by atoms with van der Waals surface area (Å²) in [7, 11) is 0. The number of carbonyl (C=O) groups is 2. The molecule has 0 bridgehead atoms. The van der Waals surface area contributed by atoms with Gasteiger partial charge in [-0.05, 0) is 62.4 Å². The van der Waals surface area contributed by atoms with Gasteiger partial charge < -0.3 is 26.3 Å². The first kappa shape index (κ1) is 32.5. The monoisotopic (exact) mass is 685 g/mol. The molecular weight excluding hydrogens is 652 g/mol. The number of nitrogens with one attached hydrogen (secondary N) is 1. The van der Waals surface area contributed by atoms with E-state index >= 15 is 4.39 Å². The van der Waals surface area contributed by atoms with E-state index in [1.54, 1.807) is 31.3 Å². The van der Waals surface area contributed by atoms with Gasteiger partial charge in [0.2, 0.25) is 5.91 Å². The number of anilines is 1. The van der Waals surface area contributed by atoms with E-state index in [9.17, 15) is 14.0 Å². The third kappa shape index (κ3) is 6.55. The lowest BCUT2D eigenvalue weighted by Crippen LogP contribution is -2.40. The molecule has 5 N–H and O–H groups in total. The van der Waals surface area contributed by atoms with Crippen LogP contribution < -0.4 is 26.3 Å². The number of primary amides is 1. The minimum atomic E-state index is -1.27. The summed E-state index contributed by atoms with van der Waals surface area (Å²) in [6, 6.07) is 16.4. The molecule has 2 saturated carbocycles. The van der Waals surface area contributed by atoms with Crippen molar-refractivity contribution >= 4 is 35.3 Å². The highest BCUT2D eigenvalue weighted by Gasteiger charge is 2.44. The molecule has 252 valence electrons. The maximum Gasteiger partial charge on any atom is 0.251 e. The van der Waals surface area contributed by atoms with Crippen LogP contribution in [0.15, 0.2) is 65.7 Å². The van der Waals surface area contributed by atoms with Crippen LogP contribution in [0.5, 0.6) is 11.5 Å². The van der Waals surface area contributed by atoms with Crippen LogP contribution in [0, 0.1) is 11.6 Å². The second kappa shape index (κ2) is 12.8. The Hall–Kier alpha value is -5.03. The fourth-order valence-electron chi connectivity index (χ4n) is 5.81. The predicted octanol–water partition coefficient (Wildman–Crippen LogP) is 6.08. The van der Waals surface area contributed by atoms with Crippen LogP contribution in [0.25, 0.3) is 11.3 Å². The number of amides is 2. The molecule has 12 heteroatoms. The van der Waals surface area contributed by atoms with E-state index in [2.05, 4.69) is 10.3 Å². The molecule has 1 aromatic heterocycles. The number of halogens is 3. The van der Waals surface area contributed by atoms with Crippen LogP contribution in [0.1, 0.15) is 71.3 Å². The van der Waals surface area contributed by atoms with E-state index in [4.69, 9.17) is 37.5 Å². The van der Waals surface area contributed by atoms with Crippen molar-refractivity contribution in [2.45, 2.75) is 56.1 Å². The zero-order valence-electron chi connectivity index (χ0n) is 26.6. The Balaban J connectivity index is 1.28. The van der Waals surface area contributed by atoms with E-state index in [-0.39, 0.29) is 53.2 Å². The number of aliphatic imine (C=N–C) groups is 1. The van der Waals surface area contributed by atoms with Gasteiger partial charge in [-0.25, -0.2) is 13.8 Å². The van der Waals surface area contributed by atoms with Crippen molar-refractivity contribution in [3.63, 3.8) is 0 Å². The molecule has 2 amide bonds. The van der Waals surface area contributed by atoms with E-state index in [1.807, 2.05) is 30.3 Å². The topological polar surface area (TPSA) is 142 Å². The zero-order valence-corrected chi connectivity index (χ0v) is 27.4. The minimum absolute atomic E-state index is 0.0316. The van der Waals surface area contributed by atoms with Crippen molar-refractivity contribution in [2.75, 3.05) is 18.9 Å². The molecule has 3 aromatic carbocycles. The van der Waals surface area contributed by atoms with Crippen LogP contribution in [-0.4, -0.2) is 48.3 Å². The molecule has 4 aromatic rings. The first-order chi connectivity index (χ1) is 23.5. The Morgan fingerprint density at radius 3 is 2.57 bits per heavy atom. The number of hydrogen-bond acceptors (Lipinski definition) is 7. The summed E-state index contributed by atoms with van der Waals surface area (Å²) in [6.45, 7) is 1.59. The molecule has 0 spiro atoms. The third-order valence-corrected chi connectivity index (χ3v) is 9.44. The van der Waals surface area contributed by atoms with Gasteiger partial charge in [0.15, 0.2) is 0 Å². The highest BCUT2D eigenvalue weighted by molar-refractivity contribution is 6.31. The number of hydrogen-bond donors (Lipinski definition) is 3. The second-order valence-corrected chi connectivity index (χ2v) is 13.4. The average Bonchev–Trinajstić information content (AvgIpc) is 4.03. The molecule has 2 atom stereocenters. The fourth-order valence-corrected chi connectivity index (χ4v) is 5.97. The number of aromatic nitrogens is 1. The molecular formula is C37H34ClF2N5O4. The summed E-state index contributed by atoms with van der Waals surface area (Å²) in [6.07, 6.45) is 5.64. The van der Waals surface area contributed by atoms with Crippen LogP contribution in [-0.2, 0) is 10.2 Å². The number of carbonyl (C=O) groups excluding carboxylic acids is 2. The van der Waals surface area contributed by atoms with Crippen molar-refractivity contribution in [3.05, 3.63) is 105 Å². The molecule has 1 aliphatic heterocycles. The first-order valence-corrected chi connectivity index (χ1v) is 16.5. The van der Waals surface area contributed by atoms with Crippen molar-refractivity contribution in [2.24, 2.45) is 10.7 Å². The quantitative estimate of drug-likeness (QED) is 0.0993. The largest absolute Gasteiger partial charge is 0.489 e. The molecule has 0 radical (unpaired) electrons. The lowest BCUT2D eigenvalue weighted by atomic mass is 9.81. The van der Waals surface area contributed by atoms with Gasteiger partial charge in [0.1, 0.15) is 40.8 Å². The van der Waals surface area contributed by atoms with E-state index in [0.717, 1.165) is 37.3 Å². The number of fused-ring (bicyclic) bond motifs is 1. The number of nitrogens with two attached hydrogens (primary N) is 2. The van der Waals surface area contributed by atoms with Gasteiger partial charge in [-0.2, -0.15) is 0 Å². The molecule has 9 nitrogen and oxygen atoms in total. The van der Waals surface area contributed by atoms with E-state index in [1.165, 1.54) is 0 Å². The van der Waals surface area contributed by atoms with E-state index < -0.39 is 28.9 Å². The summed E-state index contributed by atoms with van der Waals surface area (Å²) in [5.74, 6) is -2.88. The molecule has 2 aliphatic carbocycles. The van der Waals surface area contributed by atoms with Gasteiger partial charge in [-0.1, -0.05) is 41.9 Å². The van der Waals surface area contributed by atoms with E-state index in [0.29, 0.717) is 39.9 Å². The molecule has 0 unspecified atom stereocenters. The maximum absolute atomic E-state index is 15.3. The number of pyridine rings is 1. The molecule has 7 rings (SSSR count). The zero-order chi connectivity index (χ0) is 34.4. The maximum atomic E-state index is 15.3. The van der Waals surface area contributed by atoms with Crippen molar-refractivity contribution in [3.8, 4) is 22.8 Å². The highest BCUT2D eigenvalue weighted by Crippen LogP contribution is 2.46. The van der Waals surface area contributed by atoms with Crippen LogP contribution in [0.2, 0.25) is 5.02 Å². The van der Waals surface area contributed by atoms with Crippen molar-refractivity contribution in [1.29, 1.82) is 0 Å². The van der Waals surface area contributed by atoms with Crippen LogP contribution >= 0.6 is 11.6 Å². The number of benzene rings is 3. The van der Waals surface area contributed by atoms with Gasteiger partial charge in [-0.3, -0.25) is 14.6 Å². The highest BCUT2D eigenvalue weighted by atomic mass is 35.5.